The Hall–Kier alpha value is -3.54. The zero-order valence-electron chi connectivity index (χ0n) is 28.7. The predicted molar refractivity (Wildman–Crippen MR) is 175 cm³/mol. The van der Waals surface area contributed by atoms with Crippen LogP contribution >= 0.6 is 0 Å². The van der Waals surface area contributed by atoms with Crippen molar-refractivity contribution in [2.75, 3.05) is 13.1 Å². The topological polar surface area (TPSA) is 168 Å². The molecule has 1 saturated heterocycles. The minimum atomic E-state index is -0.841. The quantitative estimate of drug-likeness (QED) is 0.228. The fourth-order valence-electron chi connectivity index (χ4n) is 7.07. The summed E-state index contributed by atoms with van der Waals surface area (Å²) in [7, 11) is 0. The van der Waals surface area contributed by atoms with Gasteiger partial charge >= 0.3 is 0 Å². The van der Waals surface area contributed by atoms with Gasteiger partial charge in [-0.1, -0.05) is 54.4 Å². The van der Waals surface area contributed by atoms with Crippen molar-refractivity contribution < 1.29 is 28.8 Å². The van der Waals surface area contributed by atoms with Gasteiger partial charge in [0, 0.05) is 37.3 Å². The van der Waals surface area contributed by atoms with Crippen LogP contribution in [0.15, 0.2) is 18.6 Å². The Morgan fingerprint density at radius 2 is 1.74 bits per heavy atom. The number of carbonyl (C=O) groups excluding carboxylic acids is 6. The first kappa shape index (κ1) is 36.3. The highest BCUT2D eigenvalue weighted by Crippen LogP contribution is 2.44. The van der Waals surface area contributed by atoms with Gasteiger partial charge in [-0.15, -0.1) is 0 Å². The smallest absolute Gasteiger partial charge is 0.289 e. The second-order valence-corrected chi connectivity index (χ2v) is 15.0. The highest BCUT2D eigenvalue weighted by molar-refractivity contribution is 6.38. The molecular weight excluding hydrogens is 600 g/mol. The summed E-state index contributed by atoms with van der Waals surface area (Å²) in [5.41, 5.74) is -0.514. The Morgan fingerprint density at radius 3 is 2.34 bits per heavy atom. The van der Waals surface area contributed by atoms with Gasteiger partial charge in [0.05, 0.1) is 30.9 Å². The van der Waals surface area contributed by atoms with Crippen molar-refractivity contribution in [2.24, 2.45) is 29.1 Å². The van der Waals surface area contributed by atoms with E-state index in [1.807, 2.05) is 41.5 Å². The highest BCUT2D eigenvalue weighted by Gasteiger charge is 2.51. The van der Waals surface area contributed by atoms with Crippen LogP contribution in [0, 0.1) is 29.1 Å². The number of aromatic nitrogens is 2. The van der Waals surface area contributed by atoms with Crippen LogP contribution in [0.4, 0.5) is 0 Å². The van der Waals surface area contributed by atoms with Gasteiger partial charge in [-0.05, 0) is 55.3 Å². The third-order valence-electron chi connectivity index (χ3n) is 9.90. The number of likely N-dealkylation sites (tertiary alicyclic amines) is 1. The first-order chi connectivity index (χ1) is 22.2. The summed E-state index contributed by atoms with van der Waals surface area (Å²) in [5, 5.41) is 8.59. The fourth-order valence-corrected chi connectivity index (χ4v) is 7.07. The fraction of sp³-hybridized carbons (Fsp3) is 0.714. The van der Waals surface area contributed by atoms with E-state index in [-0.39, 0.29) is 59.9 Å². The van der Waals surface area contributed by atoms with Crippen LogP contribution in [0.1, 0.15) is 103 Å². The lowest BCUT2D eigenvalue weighted by molar-refractivity contribution is -0.146. The molecule has 47 heavy (non-hydrogen) atoms. The molecule has 3 fully saturated rings. The average Bonchev–Trinajstić information content (AvgIpc) is 3.59. The molecule has 0 unspecified atom stereocenters. The van der Waals surface area contributed by atoms with E-state index >= 15 is 0 Å². The standard InChI is InChI=1S/C35H52N6O6/c1-7-9-25(31(44)33(46)39-22-12-13-22)38-18-28(43)30-23-11-8-10-21(23)19-41(30)34(47)24(35(4,5)6)16-27(42)29(20(2)3)40-32(45)26-17-36-14-15-37-26/h14-15,17,20-25,29-30,38H,7-13,16,18-19H2,1-6H3,(H,39,46)(H,40,45)/t21-,23-,24+,25-,29-,30-/m0/s1. The summed E-state index contributed by atoms with van der Waals surface area (Å²) in [6, 6.07) is -2.23. The maximum absolute atomic E-state index is 14.4. The number of fused-ring (bicyclic) bond motifs is 1. The summed E-state index contributed by atoms with van der Waals surface area (Å²) >= 11 is 0. The monoisotopic (exact) mass is 652 g/mol. The average molecular weight is 653 g/mol. The molecule has 6 atom stereocenters. The van der Waals surface area contributed by atoms with Crippen LogP contribution in [-0.4, -0.2) is 87.2 Å². The largest absolute Gasteiger partial charge is 0.347 e. The van der Waals surface area contributed by atoms with Gasteiger partial charge in [-0.2, -0.15) is 0 Å². The Kier molecular flexibility index (Phi) is 12.0. The Labute approximate surface area is 278 Å². The van der Waals surface area contributed by atoms with Gasteiger partial charge < -0.3 is 20.9 Å². The normalized spacial score (nSPS) is 22.7. The number of amides is 3. The van der Waals surface area contributed by atoms with E-state index in [4.69, 9.17) is 0 Å². The lowest BCUT2D eigenvalue weighted by Gasteiger charge is -2.36. The lowest BCUT2D eigenvalue weighted by atomic mass is 9.75. The van der Waals surface area contributed by atoms with Crippen LogP contribution in [-0.2, 0) is 24.0 Å². The number of Topliss-reactive ketones (excluding diaryl/α,β-unsaturated/α-hetero) is 3. The van der Waals surface area contributed by atoms with Crippen LogP contribution in [0.2, 0.25) is 0 Å². The zero-order valence-corrected chi connectivity index (χ0v) is 28.7. The van der Waals surface area contributed by atoms with E-state index in [1.165, 1.54) is 18.6 Å². The molecule has 1 aromatic heterocycles. The van der Waals surface area contributed by atoms with Crippen molar-refractivity contribution in [1.29, 1.82) is 0 Å². The molecule has 0 radical (unpaired) electrons. The number of nitrogens with zero attached hydrogens (tertiary/aromatic N) is 3. The Balaban J connectivity index is 1.49. The third kappa shape index (κ3) is 9.09. The molecule has 2 heterocycles. The lowest BCUT2D eigenvalue weighted by Crippen LogP contribution is -2.53. The number of hydrogen-bond donors (Lipinski definition) is 3. The van der Waals surface area contributed by atoms with Crippen molar-refractivity contribution in [3.05, 3.63) is 24.3 Å². The molecule has 0 aromatic carbocycles. The molecule has 3 amide bonds. The van der Waals surface area contributed by atoms with Crippen LogP contribution < -0.4 is 16.0 Å². The molecule has 3 N–H and O–H groups in total. The molecule has 4 rings (SSSR count). The predicted octanol–water partition coefficient (Wildman–Crippen LogP) is 2.65. The minimum Gasteiger partial charge on any atom is -0.347 e. The van der Waals surface area contributed by atoms with Crippen molar-refractivity contribution in [3.63, 3.8) is 0 Å². The van der Waals surface area contributed by atoms with Gasteiger partial charge in [0.25, 0.3) is 11.8 Å². The van der Waals surface area contributed by atoms with Gasteiger partial charge in [0.2, 0.25) is 11.7 Å². The Bertz CT molecular complexity index is 1320. The van der Waals surface area contributed by atoms with Crippen LogP contribution in [0.3, 0.4) is 0 Å². The van der Waals surface area contributed by atoms with Crippen molar-refractivity contribution in [2.45, 2.75) is 117 Å². The third-order valence-corrected chi connectivity index (χ3v) is 9.90. The van der Waals surface area contributed by atoms with Crippen molar-refractivity contribution in [1.82, 2.24) is 30.8 Å². The van der Waals surface area contributed by atoms with E-state index in [1.54, 1.807) is 4.90 Å². The number of rotatable bonds is 16. The summed E-state index contributed by atoms with van der Waals surface area (Å²) in [4.78, 5) is 90.1. The summed E-state index contributed by atoms with van der Waals surface area (Å²) in [5.74, 6) is -3.16. The summed E-state index contributed by atoms with van der Waals surface area (Å²) < 4.78 is 0. The van der Waals surface area contributed by atoms with Crippen LogP contribution in [0.25, 0.3) is 0 Å². The number of hydrogen-bond acceptors (Lipinski definition) is 9. The first-order valence-corrected chi connectivity index (χ1v) is 17.2. The molecule has 0 bridgehead atoms. The highest BCUT2D eigenvalue weighted by atomic mass is 16.2. The maximum atomic E-state index is 14.4. The van der Waals surface area contributed by atoms with E-state index in [2.05, 4.69) is 25.9 Å². The molecule has 258 valence electrons. The minimum absolute atomic E-state index is 0.0118. The van der Waals surface area contributed by atoms with E-state index in [0.717, 1.165) is 32.1 Å². The Morgan fingerprint density at radius 1 is 1.02 bits per heavy atom. The first-order valence-electron chi connectivity index (χ1n) is 17.2. The molecule has 1 aromatic rings. The van der Waals surface area contributed by atoms with E-state index in [0.29, 0.717) is 19.4 Å². The molecule has 3 aliphatic rings. The maximum Gasteiger partial charge on any atom is 0.289 e. The molecule has 2 aliphatic carbocycles. The van der Waals surface area contributed by atoms with Gasteiger partial charge in [-0.3, -0.25) is 33.8 Å². The van der Waals surface area contributed by atoms with E-state index in [9.17, 15) is 28.8 Å². The molecule has 2 saturated carbocycles. The molecule has 1 aliphatic heterocycles. The molecule has 12 nitrogen and oxygen atoms in total. The number of nitrogens with one attached hydrogen (secondary N) is 3. The van der Waals surface area contributed by atoms with Crippen molar-refractivity contribution in [3.8, 4) is 0 Å². The summed E-state index contributed by atoms with van der Waals surface area (Å²) in [6.45, 7) is 11.6. The van der Waals surface area contributed by atoms with Gasteiger partial charge in [0.15, 0.2) is 11.6 Å². The summed E-state index contributed by atoms with van der Waals surface area (Å²) in [6.07, 6.45) is 9.65. The zero-order chi connectivity index (χ0) is 34.5. The van der Waals surface area contributed by atoms with Crippen molar-refractivity contribution >= 4 is 35.1 Å². The van der Waals surface area contributed by atoms with Gasteiger partial charge in [0.1, 0.15) is 5.69 Å². The molecular formula is C35H52N6O6. The van der Waals surface area contributed by atoms with Crippen LogP contribution in [0.5, 0.6) is 0 Å². The second-order valence-electron chi connectivity index (χ2n) is 15.0. The molecule has 12 heteroatoms. The number of ketones is 3. The molecule has 0 spiro atoms. The SMILES string of the molecule is CCC[C@H](NCC(=O)[C@@H]1[C@H]2CCC[C@H]2CN1C(=O)[C@@H](CC(=O)[C@@H](NC(=O)c1cnccn1)C(C)C)C(C)(C)C)C(=O)C(=O)NC1CC1. The van der Waals surface area contributed by atoms with E-state index < -0.39 is 47.1 Å². The second kappa shape index (κ2) is 15.6. The van der Waals surface area contributed by atoms with Gasteiger partial charge in [-0.25, -0.2) is 4.98 Å². The number of carbonyl (C=O) groups is 6.